The Kier molecular flexibility index (Phi) is 2.88. The zero-order valence-electron chi connectivity index (χ0n) is 13.6. The molecule has 134 valence electrons. The number of amides is 2. The lowest BCUT2D eigenvalue weighted by Crippen LogP contribution is -2.43. The Hall–Kier alpha value is -2.84. The molecular weight excluding hydrogens is 342 g/mol. The summed E-state index contributed by atoms with van der Waals surface area (Å²) < 4.78 is 0. The summed E-state index contributed by atoms with van der Waals surface area (Å²) in [5.74, 6) is -0.0103. The van der Waals surface area contributed by atoms with Crippen molar-refractivity contribution in [2.24, 2.45) is 35.5 Å². The average Bonchev–Trinajstić information content (AvgIpc) is 3.38. The fraction of sp³-hybridized carbons (Fsp3) is 0.529. The molecule has 0 unspecified atom stereocenters. The third kappa shape index (κ3) is 1.85. The summed E-state index contributed by atoms with van der Waals surface area (Å²) >= 11 is 0. The molecule has 0 aromatic heterocycles. The van der Waals surface area contributed by atoms with Gasteiger partial charge < -0.3 is 0 Å². The maximum absolute atomic E-state index is 13.0. The van der Waals surface area contributed by atoms with E-state index in [1.54, 1.807) is 0 Å². The fourth-order valence-corrected chi connectivity index (χ4v) is 5.71. The van der Waals surface area contributed by atoms with Gasteiger partial charge in [-0.15, -0.1) is 0 Å². The van der Waals surface area contributed by atoms with Crippen LogP contribution in [0.2, 0.25) is 0 Å². The predicted octanol–water partition coefficient (Wildman–Crippen LogP) is 2.28. The van der Waals surface area contributed by atoms with Crippen LogP contribution in [0.1, 0.15) is 19.3 Å². The van der Waals surface area contributed by atoms with E-state index in [0.29, 0.717) is 11.8 Å². The largest absolute Gasteiger partial charge is 0.278 e. The van der Waals surface area contributed by atoms with E-state index in [1.807, 2.05) is 0 Å². The highest BCUT2D eigenvalue weighted by molar-refractivity contribution is 6.22. The van der Waals surface area contributed by atoms with Crippen molar-refractivity contribution in [1.82, 2.24) is 0 Å². The number of nitro groups is 2. The van der Waals surface area contributed by atoms with Crippen LogP contribution in [0.25, 0.3) is 0 Å². The Balaban J connectivity index is 1.59. The van der Waals surface area contributed by atoms with Gasteiger partial charge in [-0.3, -0.25) is 29.8 Å². The maximum atomic E-state index is 13.0. The lowest BCUT2D eigenvalue weighted by atomic mass is 9.59. The molecule has 1 heterocycles. The molecule has 9 heteroatoms. The highest BCUT2D eigenvalue weighted by Gasteiger charge is 2.68. The first-order valence-electron chi connectivity index (χ1n) is 8.70. The van der Waals surface area contributed by atoms with Crippen molar-refractivity contribution < 1.29 is 19.4 Å². The van der Waals surface area contributed by atoms with E-state index in [4.69, 9.17) is 0 Å². The van der Waals surface area contributed by atoms with E-state index in [2.05, 4.69) is 0 Å². The van der Waals surface area contributed by atoms with Crippen LogP contribution in [0.3, 0.4) is 0 Å². The highest BCUT2D eigenvalue weighted by atomic mass is 16.6. The van der Waals surface area contributed by atoms with Gasteiger partial charge in [-0.1, -0.05) is 0 Å². The van der Waals surface area contributed by atoms with Crippen LogP contribution in [0.4, 0.5) is 17.1 Å². The van der Waals surface area contributed by atoms with Crippen LogP contribution in [0.5, 0.6) is 0 Å². The van der Waals surface area contributed by atoms with Crippen LogP contribution >= 0.6 is 0 Å². The Morgan fingerprint density at radius 3 is 1.69 bits per heavy atom. The minimum Gasteiger partial charge on any atom is -0.274 e. The number of anilines is 1. The van der Waals surface area contributed by atoms with Crippen molar-refractivity contribution in [2.75, 3.05) is 4.90 Å². The second-order valence-corrected chi connectivity index (χ2v) is 7.75. The summed E-state index contributed by atoms with van der Waals surface area (Å²) in [5.41, 5.74) is -1.07. The van der Waals surface area contributed by atoms with E-state index in [9.17, 15) is 29.8 Å². The zero-order valence-corrected chi connectivity index (χ0v) is 13.6. The van der Waals surface area contributed by atoms with E-state index in [-0.39, 0.29) is 41.2 Å². The van der Waals surface area contributed by atoms with E-state index in [1.165, 1.54) is 0 Å². The van der Waals surface area contributed by atoms with Gasteiger partial charge in [0.15, 0.2) is 0 Å². The van der Waals surface area contributed by atoms with Crippen LogP contribution in [0, 0.1) is 55.7 Å². The molecule has 6 atom stereocenters. The van der Waals surface area contributed by atoms with Crippen molar-refractivity contribution >= 4 is 28.9 Å². The van der Waals surface area contributed by atoms with E-state index >= 15 is 0 Å². The third-order valence-corrected chi connectivity index (χ3v) is 6.71. The number of fused-ring (bicyclic) bond motifs is 1. The van der Waals surface area contributed by atoms with Crippen molar-refractivity contribution in [2.45, 2.75) is 19.3 Å². The van der Waals surface area contributed by atoms with Gasteiger partial charge in [0.1, 0.15) is 0 Å². The number of nitrogens with zero attached hydrogens (tertiary/aromatic N) is 3. The predicted molar refractivity (Wildman–Crippen MR) is 87.0 cm³/mol. The maximum Gasteiger partial charge on any atom is 0.278 e. The molecule has 1 aromatic carbocycles. The van der Waals surface area contributed by atoms with Gasteiger partial charge in [0.25, 0.3) is 11.4 Å². The summed E-state index contributed by atoms with van der Waals surface area (Å²) in [7, 11) is 0. The van der Waals surface area contributed by atoms with Crippen LogP contribution in [-0.2, 0) is 9.59 Å². The molecule has 1 aliphatic heterocycles. The van der Waals surface area contributed by atoms with Crippen LogP contribution in [-0.4, -0.2) is 21.7 Å². The first-order valence-corrected chi connectivity index (χ1v) is 8.70. The molecule has 0 N–H and O–H groups in total. The first kappa shape index (κ1) is 15.4. The molecule has 0 radical (unpaired) electrons. The number of carbonyl (C=O) groups excluding carboxylic acids is 2. The summed E-state index contributed by atoms with van der Waals surface area (Å²) in [6.45, 7) is 0. The number of non-ortho nitro benzene ring substituents is 2. The first-order chi connectivity index (χ1) is 12.4. The molecule has 26 heavy (non-hydrogen) atoms. The topological polar surface area (TPSA) is 124 Å². The standard InChI is InChI=1S/C17H15N3O6/c21-16-14-10-1-2-11(13-6-12(10)13)15(14)17(22)18(16)7-3-8(19(23)24)5-9(4-7)20(25)26/h3-5,10-15H,1-2,6H2/t10-,11+,12-,13+,14-,15+. The Morgan fingerprint density at radius 1 is 0.808 bits per heavy atom. The van der Waals surface area contributed by atoms with E-state index in [0.717, 1.165) is 42.4 Å². The second kappa shape index (κ2) is 4.87. The fourth-order valence-electron chi connectivity index (χ4n) is 5.71. The molecule has 1 saturated heterocycles. The molecular formula is C17H15N3O6. The smallest absolute Gasteiger partial charge is 0.274 e. The number of carbonyl (C=O) groups is 2. The molecule has 0 spiro atoms. The monoisotopic (exact) mass is 357 g/mol. The molecule has 1 aromatic rings. The summed E-state index contributed by atoms with van der Waals surface area (Å²) in [5, 5.41) is 22.2. The average molecular weight is 357 g/mol. The van der Waals surface area contributed by atoms with Gasteiger partial charge in [-0.05, 0) is 42.9 Å². The molecule has 4 saturated carbocycles. The molecule has 9 nitrogen and oxygen atoms in total. The van der Waals surface area contributed by atoms with Gasteiger partial charge in [0, 0.05) is 12.1 Å². The SMILES string of the molecule is O=C1[C@@H]2[C@@H]3CC[C@@H]([C@@H]4C[C@@H]43)[C@@H]2C(=O)N1c1cc([N+](=O)[O-])cc([N+](=O)[O-])c1. The Labute approximate surface area is 147 Å². The number of rotatable bonds is 3. The van der Waals surface area contributed by atoms with E-state index < -0.39 is 21.2 Å². The summed E-state index contributed by atoms with van der Waals surface area (Å²) in [6.07, 6.45) is 2.97. The van der Waals surface area contributed by atoms with Gasteiger partial charge in [0.05, 0.1) is 33.4 Å². The molecule has 5 fully saturated rings. The lowest BCUT2D eigenvalue weighted by Gasteiger charge is -2.42. The number of imide groups is 1. The molecule has 2 amide bonds. The lowest BCUT2D eigenvalue weighted by molar-refractivity contribution is -0.394. The Morgan fingerprint density at radius 2 is 1.27 bits per heavy atom. The second-order valence-electron chi connectivity index (χ2n) is 7.75. The molecule has 4 aliphatic carbocycles. The summed E-state index contributed by atoms with van der Waals surface area (Å²) in [6, 6.07) is 2.98. The van der Waals surface area contributed by atoms with Crippen LogP contribution in [0.15, 0.2) is 18.2 Å². The van der Waals surface area contributed by atoms with Gasteiger partial charge in [-0.2, -0.15) is 0 Å². The zero-order chi connectivity index (χ0) is 18.3. The minimum atomic E-state index is -0.756. The number of benzene rings is 1. The minimum absolute atomic E-state index is 0.0663. The van der Waals surface area contributed by atoms with Gasteiger partial charge in [0.2, 0.25) is 11.8 Å². The van der Waals surface area contributed by atoms with Crippen LogP contribution < -0.4 is 4.90 Å². The van der Waals surface area contributed by atoms with Crippen molar-refractivity contribution in [3.8, 4) is 0 Å². The third-order valence-electron chi connectivity index (χ3n) is 6.71. The van der Waals surface area contributed by atoms with Crippen molar-refractivity contribution in [3.05, 3.63) is 38.4 Å². The number of nitro benzene ring substituents is 2. The quantitative estimate of drug-likeness (QED) is 0.464. The van der Waals surface area contributed by atoms with Crippen molar-refractivity contribution in [1.29, 1.82) is 0 Å². The van der Waals surface area contributed by atoms with Gasteiger partial charge >= 0.3 is 0 Å². The molecule has 6 rings (SSSR count). The van der Waals surface area contributed by atoms with Gasteiger partial charge in [-0.25, -0.2) is 4.90 Å². The normalized spacial score (nSPS) is 36.7. The highest BCUT2D eigenvalue weighted by Crippen LogP contribution is 2.68. The number of hydrogen-bond donors (Lipinski definition) is 0. The molecule has 5 aliphatic rings. The van der Waals surface area contributed by atoms with Crippen molar-refractivity contribution in [3.63, 3.8) is 0 Å². The Bertz CT molecular complexity index is 832. The number of hydrogen-bond acceptors (Lipinski definition) is 6. The summed E-state index contributed by atoms with van der Waals surface area (Å²) in [4.78, 5) is 47.7. The molecule has 2 bridgehead atoms.